The summed E-state index contributed by atoms with van der Waals surface area (Å²) in [5.41, 5.74) is 0.0551. The van der Waals surface area contributed by atoms with E-state index in [4.69, 9.17) is 0 Å². The van der Waals surface area contributed by atoms with Gasteiger partial charge in [-0.1, -0.05) is 27.7 Å². The minimum Gasteiger partial charge on any atom is -0.351 e. The number of rotatable bonds is 3. The number of H-pyrrole nitrogens is 1. The fourth-order valence-corrected chi connectivity index (χ4v) is 2.80. The standard InChI is InChI=1S/C17H28N4O2.ClH/c1-11-12(14(23)21-15(20-11)16(2,3)4)13(22)19-10-17(5)6-8-18-9-7-17;/h18H,6-10H2,1-5H3,(H,19,22)(H,20,21,23);1H. The second-order valence-electron chi connectivity index (χ2n) is 7.87. The molecule has 0 atom stereocenters. The van der Waals surface area contributed by atoms with Crippen LogP contribution in [0.5, 0.6) is 0 Å². The van der Waals surface area contributed by atoms with Crippen molar-refractivity contribution in [1.29, 1.82) is 0 Å². The molecule has 1 aromatic rings. The molecule has 6 nitrogen and oxygen atoms in total. The second kappa shape index (κ2) is 7.66. The van der Waals surface area contributed by atoms with Crippen LogP contribution in [0.15, 0.2) is 4.79 Å². The molecule has 1 aliphatic heterocycles. The SMILES string of the molecule is Cc1nc(C(C)(C)C)[nH]c(=O)c1C(=O)NCC1(C)CCNCC1.Cl. The van der Waals surface area contributed by atoms with Crippen LogP contribution >= 0.6 is 12.4 Å². The van der Waals surface area contributed by atoms with Gasteiger partial charge in [0.15, 0.2) is 0 Å². The van der Waals surface area contributed by atoms with Crippen molar-refractivity contribution < 1.29 is 4.79 Å². The first-order valence-electron chi connectivity index (χ1n) is 8.23. The molecular weight excluding hydrogens is 328 g/mol. The zero-order valence-electron chi connectivity index (χ0n) is 15.2. The number of halogens is 1. The molecule has 2 heterocycles. The Morgan fingerprint density at radius 3 is 2.38 bits per heavy atom. The molecular formula is C17H29ClN4O2. The van der Waals surface area contributed by atoms with Crippen molar-refractivity contribution in [3.63, 3.8) is 0 Å². The molecule has 3 N–H and O–H groups in total. The Hall–Kier alpha value is -1.40. The molecule has 1 aliphatic rings. The van der Waals surface area contributed by atoms with E-state index in [0.717, 1.165) is 25.9 Å². The van der Waals surface area contributed by atoms with E-state index in [0.29, 0.717) is 18.1 Å². The van der Waals surface area contributed by atoms with Crippen LogP contribution in [0.4, 0.5) is 0 Å². The van der Waals surface area contributed by atoms with Crippen molar-refractivity contribution in [2.75, 3.05) is 19.6 Å². The fourth-order valence-electron chi connectivity index (χ4n) is 2.80. The highest BCUT2D eigenvalue weighted by atomic mass is 35.5. The predicted molar refractivity (Wildman–Crippen MR) is 98.1 cm³/mol. The maximum atomic E-state index is 12.4. The van der Waals surface area contributed by atoms with Crippen LogP contribution in [-0.2, 0) is 5.41 Å². The first-order valence-corrected chi connectivity index (χ1v) is 8.23. The van der Waals surface area contributed by atoms with Gasteiger partial charge < -0.3 is 15.6 Å². The van der Waals surface area contributed by atoms with Crippen LogP contribution in [0.2, 0.25) is 0 Å². The summed E-state index contributed by atoms with van der Waals surface area (Å²) >= 11 is 0. The van der Waals surface area contributed by atoms with E-state index < -0.39 is 0 Å². The van der Waals surface area contributed by atoms with Gasteiger partial charge in [-0.05, 0) is 38.3 Å². The summed E-state index contributed by atoms with van der Waals surface area (Å²) in [6.07, 6.45) is 2.04. The van der Waals surface area contributed by atoms with Crippen LogP contribution in [0, 0.1) is 12.3 Å². The summed E-state index contributed by atoms with van der Waals surface area (Å²) in [5, 5.41) is 6.24. The summed E-state index contributed by atoms with van der Waals surface area (Å²) < 4.78 is 0. The van der Waals surface area contributed by atoms with Gasteiger partial charge >= 0.3 is 0 Å². The van der Waals surface area contributed by atoms with Gasteiger partial charge in [-0.25, -0.2) is 4.98 Å². The van der Waals surface area contributed by atoms with Crippen LogP contribution < -0.4 is 16.2 Å². The maximum Gasteiger partial charge on any atom is 0.264 e. The van der Waals surface area contributed by atoms with Crippen LogP contribution in [0.1, 0.15) is 62.4 Å². The van der Waals surface area contributed by atoms with Crippen molar-refractivity contribution in [3.8, 4) is 0 Å². The summed E-state index contributed by atoms with van der Waals surface area (Å²) in [6, 6.07) is 0. The van der Waals surface area contributed by atoms with Crippen LogP contribution in [-0.4, -0.2) is 35.5 Å². The first kappa shape index (κ1) is 20.6. The van der Waals surface area contributed by atoms with Crippen molar-refractivity contribution in [1.82, 2.24) is 20.6 Å². The van der Waals surface area contributed by atoms with E-state index in [1.165, 1.54) is 0 Å². The van der Waals surface area contributed by atoms with E-state index in [9.17, 15) is 9.59 Å². The molecule has 1 saturated heterocycles. The Bertz CT molecular complexity index is 643. The van der Waals surface area contributed by atoms with Gasteiger partial charge in [-0.15, -0.1) is 12.4 Å². The van der Waals surface area contributed by atoms with Gasteiger partial charge in [0.05, 0.1) is 5.69 Å². The van der Waals surface area contributed by atoms with Gasteiger partial charge in [-0.2, -0.15) is 0 Å². The minimum absolute atomic E-state index is 0. The zero-order valence-corrected chi connectivity index (χ0v) is 16.0. The van der Waals surface area contributed by atoms with Crippen molar-refractivity contribution in [2.24, 2.45) is 5.41 Å². The van der Waals surface area contributed by atoms with Gasteiger partial charge in [-0.3, -0.25) is 9.59 Å². The van der Waals surface area contributed by atoms with Crippen molar-refractivity contribution in [2.45, 2.75) is 52.9 Å². The van der Waals surface area contributed by atoms with Gasteiger partial charge in [0, 0.05) is 12.0 Å². The lowest BCUT2D eigenvalue weighted by Crippen LogP contribution is -2.44. The highest BCUT2D eigenvalue weighted by Crippen LogP contribution is 2.26. The van der Waals surface area contributed by atoms with E-state index in [-0.39, 0.29) is 40.3 Å². The molecule has 1 amide bonds. The summed E-state index contributed by atoms with van der Waals surface area (Å²) in [5.74, 6) is 0.262. The predicted octanol–water partition coefficient (Wildman–Crippen LogP) is 1.92. The Kier molecular flexibility index (Phi) is 6.59. The average molecular weight is 357 g/mol. The molecule has 24 heavy (non-hydrogen) atoms. The number of nitrogens with one attached hydrogen (secondary N) is 3. The molecule has 0 aromatic carbocycles. The summed E-state index contributed by atoms with van der Waals surface area (Å²) in [4.78, 5) is 31.9. The molecule has 0 spiro atoms. The van der Waals surface area contributed by atoms with Crippen LogP contribution in [0.3, 0.4) is 0 Å². The van der Waals surface area contributed by atoms with Gasteiger partial charge in [0.1, 0.15) is 11.4 Å². The third-order valence-electron chi connectivity index (χ3n) is 4.52. The molecule has 0 unspecified atom stereocenters. The number of aromatic nitrogens is 2. The van der Waals surface area contributed by atoms with Crippen molar-refractivity contribution in [3.05, 3.63) is 27.4 Å². The number of piperidine rings is 1. The topological polar surface area (TPSA) is 86.9 Å². The quantitative estimate of drug-likeness (QED) is 0.772. The molecule has 0 radical (unpaired) electrons. The number of carbonyl (C=O) groups is 1. The number of amides is 1. The lowest BCUT2D eigenvalue weighted by Gasteiger charge is -2.34. The second-order valence-corrected chi connectivity index (χ2v) is 7.87. The van der Waals surface area contributed by atoms with E-state index in [2.05, 4.69) is 27.5 Å². The normalized spacial score (nSPS) is 17.0. The number of carbonyl (C=O) groups excluding carboxylic acids is 1. The molecule has 0 saturated carbocycles. The molecule has 2 rings (SSSR count). The van der Waals surface area contributed by atoms with E-state index >= 15 is 0 Å². The molecule has 1 fully saturated rings. The van der Waals surface area contributed by atoms with Crippen LogP contribution in [0.25, 0.3) is 0 Å². The zero-order chi connectivity index (χ0) is 17.3. The van der Waals surface area contributed by atoms with Gasteiger partial charge in [0.2, 0.25) is 0 Å². The minimum atomic E-state index is -0.365. The van der Waals surface area contributed by atoms with E-state index in [1.807, 2.05) is 20.8 Å². The molecule has 1 aromatic heterocycles. The number of aromatic amines is 1. The maximum absolute atomic E-state index is 12.4. The molecule has 0 bridgehead atoms. The third-order valence-corrected chi connectivity index (χ3v) is 4.52. The smallest absolute Gasteiger partial charge is 0.264 e. The number of nitrogens with zero attached hydrogens (tertiary/aromatic N) is 1. The Labute approximate surface area is 149 Å². The number of hydrogen-bond acceptors (Lipinski definition) is 4. The molecule has 136 valence electrons. The number of aryl methyl sites for hydroxylation is 1. The van der Waals surface area contributed by atoms with E-state index in [1.54, 1.807) is 6.92 Å². The largest absolute Gasteiger partial charge is 0.351 e. The first-order chi connectivity index (χ1) is 10.6. The Balaban J connectivity index is 0.00000288. The lowest BCUT2D eigenvalue weighted by molar-refractivity contribution is 0.0919. The fraction of sp³-hybridized carbons (Fsp3) is 0.706. The monoisotopic (exact) mass is 356 g/mol. The van der Waals surface area contributed by atoms with Crippen molar-refractivity contribution >= 4 is 18.3 Å². The summed E-state index contributed by atoms with van der Waals surface area (Å²) in [6.45, 7) is 12.3. The van der Waals surface area contributed by atoms with Gasteiger partial charge in [0.25, 0.3) is 11.5 Å². The number of hydrogen-bond donors (Lipinski definition) is 3. The average Bonchev–Trinajstić information content (AvgIpc) is 2.44. The summed E-state index contributed by atoms with van der Waals surface area (Å²) in [7, 11) is 0. The Morgan fingerprint density at radius 1 is 1.29 bits per heavy atom. The highest BCUT2D eigenvalue weighted by Gasteiger charge is 2.28. The third kappa shape index (κ3) is 4.80. The molecule has 0 aliphatic carbocycles. The molecule has 7 heteroatoms. The highest BCUT2D eigenvalue weighted by molar-refractivity contribution is 5.94. The lowest BCUT2D eigenvalue weighted by atomic mass is 9.81. The Morgan fingerprint density at radius 2 is 1.88 bits per heavy atom.